The highest BCUT2D eigenvalue weighted by Gasteiger charge is 2.41. The molecule has 128 valence electrons. The van der Waals surface area contributed by atoms with E-state index in [0.717, 1.165) is 19.6 Å². The SMILES string of the molecule is COCC1(C(=O)O)CCN(Cc2cncc(C(C)(C)C)c2)CC1. The first-order chi connectivity index (χ1) is 10.8. The van der Waals surface area contributed by atoms with Crippen molar-refractivity contribution in [2.24, 2.45) is 5.41 Å². The first kappa shape index (κ1) is 17.9. The number of aliphatic carboxylic acids is 1. The van der Waals surface area contributed by atoms with Crippen LogP contribution in [0.25, 0.3) is 0 Å². The summed E-state index contributed by atoms with van der Waals surface area (Å²) < 4.78 is 5.14. The van der Waals surface area contributed by atoms with Crippen LogP contribution < -0.4 is 0 Å². The van der Waals surface area contributed by atoms with E-state index in [1.165, 1.54) is 11.1 Å². The first-order valence-corrected chi connectivity index (χ1v) is 8.16. The molecule has 0 aromatic carbocycles. The van der Waals surface area contributed by atoms with E-state index in [0.29, 0.717) is 12.8 Å². The molecule has 1 aliphatic rings. The number of carboxylic acids is 1. The van der Waals surface area contributed by atoms with E-state index < -0.39 is 11.4 Å². The smallest absolute Gasteiger partial charge is 0.312 e. The number of likely N-dealkylation sites (tertiary alicyclic amines) is 1. The fourth-order valence-corrected chi connectivity index (χ4v) is 3.08. The summed E-state index contributed by atoms with van der Waals surface area (Å²) >= 11 is 0. The number of ether oxygens (including phenoxy) is 1. The van der Waals surface area contributed by atoms with Crippen LogP contribution in [-0.4, -0.2) is 47.8 Å². The molecule has 1 aliphatic heterocycles. The van der Waals surface area contributed by atoms with Crippen molar-refractivity contribution in [3.8, 4) is 0 Å². The Hall–Kier alpha value is -1.46. The van der Waals surface area contributed by atoms with Crippen molar-refractivity contribution in [3.05, 3.63) is 29.6 Å². The molecule has 2 heterocycles. The molecule has 5 nitrogen and oxygen atoms in total. The van der Waals surface area contributed by atoms with Crippen molar-refractivity contribution in [2.45, 2.75) is 45.6 Å². The van der Waals surface area contributed by atoms with E-state index in [2.05, 4.69) is 36.7 Å². The lowest BCUT2D eigenvalue weighted by molar-refractivity contribution is -0.156. The second-order valence-electron chi connectivity index (χ2n) is 7.63. The van der Waals surface area contributed by atoms with Crippen molar-refractivity contribution in [2.75, 3.05) is 26.8 Å². The molecular weight excluding hydrogens is 292 g/mol. The van der Waals surface area contributed by atoms with Crippen LogP contribution in [0.1, 0.15) is 44.7 Å². The van der Waals surface area contributed by atoms with Crippen molar-refractivity contribution in [1.29, 1.82) is 0 Å². The summed E-state index contributed by atoms with van der Waals surface area (Å²) in [6.07, 6.45) is 5.09. The van der Waals surface area contributed by atoms with Crippen LogP contribution >= 0.6 is 0 Å². The summed E-state index contributed by atoms with van der Waals surface area (Å²) in [7, 11) is 1.57. The second-order valence-corrected chi connectivity index (χ2v) is 7.63. The third kappa shape index (κ3) is 4.30. The Morgan fingerprint density at radius 3 is 2.52 bits per heavy atom. The molecule has 5 heteroatoms. The number of piperidine rings is 1. The molecule has 2 rings (SSSR count). The van der Waals surface area contributed by atoms with Crippen LogP contribution in [0.2, 0.25) is 0 Å². The van der Waals surface area contributed by atoms with Crippen LogP contribution in [0.3, 0.4) is 0 Å². The molecule has 0 aliphatic carbocycles. The standard InChI is InChI=1S/C18H28N2O3/c1-17(2,3)15-9-14(10-19-11-15)12-20-7-5-18(6-8-20,13-23-4)16(21)22/h9-11H,5-8,12-13H2,1-4H3,(H,21,22). The van der Waals surface area contributed by atoms with Crippen LogP contribution in [0.15, 0.2) is 18.5 Å². The molecule has 0 amide bonds. The van der Waals surface area contributed by atoms with Crippen molar-refractivity contribution in [3.63, 3.8) is 0 Å². The van der Waals surface area contributed by atoms with Crippen LogP contribution in [0, 0.1) is 5.41 Å². The Kier molecular flexibility index (Phi) is 5.42. The minimum atomic E-state index is -0.740. The number of aromatic nitrogens is 1. The highest BCUT2D eigenvalue weighted by molar-refractivity contribution is 5.75. The van der Waals surface area contributed by atoms with Gasteiger partial charge in [-0.2, -0.15) is 0 Å². The summed E-state index contributed by atoms with van der Waals surface area (Å²) in [5.74, 6) is -0.740. The summed E-state index contributed by atoms with van der Waals surface area (Å²) in [6, 6.07) is 2.21. The molecule has 1 aromatic heterocycles. The molecule has 0 saturated carbocycles. The topological polar surface area (TPSA) is 62.7 Å². The minimum Gasteiger partial charge on any atom is -0.481 e. The Morgan fingerprint density at radius 1 is 1.35 bits per heavy atom. The van der Waals surface area contributed by atoms with Gasteiger partial charge in [0.2, 0.25) is 0 Å². The Labute approximate surface area is 138 Å². The van der Waals surface area contributed by atoms with Crippen molar-refractivity contribution >= 4 is 5.97 Å². The Balaban J connectivity index is 2.00. The third-order valence-electron chi connectivity index (χ3n) is 4.75. The maximum absolute atomic E-state index is 11.6. The quantitative estimate of drug-likeness (QED) is 0.904. The number of hydrogen-bond acceptors (Lipinski definition) is 4. The fourth-order valence-electron chi connectivity index (χ4n) is 3.08. The minimum absolute atomic E-state index is 0.0852. The van der Waals surface area contributed by atoms with Gasteiger partial charge in [0.25, 0.3) is 0 Å². The molecular formula is C18H28N2O3. The van der Waals surface area contributed by atoms with E-state index in [-0.39, 0.29) is 12.0 Å². The van der Waals surface area contributed by atoms with Gasteiger partial charge < -0.3 is 9.84 Å². The summed E-state index contributed by atoms with van der Waals surface area (Å²) in [5.41, 5.74) is 1.77. The Morgan fingerprint density at radius 2 is 2.00 bits per heavy atom. The van der Waals surface area contributed by atoms with Gasteiger partial charge in [-0.05, 0) is 42.5 Å². The van der Waals surface area contributed by atoms with Crippen molar-refractivity contribution in [1.82, 2.24) is 9.88 Å². The first-order valence-electron chi connectivity index (χ1n) is 8.16. The molecule has 1 fully saturated rings. The molecule has 0 atom stereocenters. The third-order valence-corrected chi connectivity index (χ3v) is 4.75. The molecule has 0 radical (unpaired) electrons. The zero-order valence-electron chi connectivity index (χ0n) is 14.6. The number of rotatable bonds is 5. The summed E-state index contributed by atoms with van der Waals surface area (Å²) in [6.45, 7) is 9.20. The Bertz CT molecular complexity index is 543. The van der Waals surface area contributed by atoms with Crippen LogP contribution in [0.4, 0.5) is 0 Å². The average molecular weight is 320 g/mol. The fraction of sp³-hybridized carbons (Fsp3) is 0.667. The monoisotopic (exact) mass is 320 g/mol. The molecule has 1 N–H and O–H groups in total. The maximum Gasteiger partial charge on any atom is 0.312 e. The number of carboxylic acid groups (broad SMARTS) is 1. The van der Waals surface area contributed by atoms with Gasteiger partial charge in [0, 0.05) is 26.0 Å². The largest absolute Gasteiger partial charge is 0.481 e. The van der Waals surface area contributed by atoms with E-state index >= 15 is 0 Å². The molecule has 0 unspecified atom stereocenters. The highest BCUT2D eigenvalue weighted by Crippen LogP contribution is 2.33. The highest BCUT2D eigenvalue weighted by atomic mass is 16.5. The molecule has 0 spiro atoms. The number of hydrogen-bond donors (Lipinski definition) is 1. The number of pyridine rings is 1. The van der Waals surface area contributed by atoms with E-state index in [9.17, 15) is 9.90 Å². The molecule has 1 aromatic rings. The lowest BCUT2D eigenvalue weighted by Crippen LogP contribution is -2.46. The predicted octanol–water partition coefficient (Wildman–Crippen LogP) is 2.69. The summed E-state index contributed by atoms with van der Waals surface area (Å²) in [4.78, 5) is 18.2. The molecule has 23 heavy (non-hydrogen) atoms. The van der Waals surface area contributed by atoms with Gasteiger partial charge in [-0.1, -0.05) is 26.8 Å². The molecule has 0 bridgehead atoms. The van der Waals surface area contributed by atoms with Crippen LogP contribution in [0.5, 0.6) is 0 Å². The van der Waals surface area contributed by atoms with Gasteiger partial charge in [-0.15, -0.1) is 0 Å². The van der Waals surface area contributed by atoms with Gasteiger partial charge >= 0.3 is 5.97 Å². The number of carbonyl (C=O) groups is 1. The van der Waals surface area contributed by atoms with Gasteiger partial charge in [-0.3, -0.25) is 14.7 Å². The van der Waals surface area contributed by atoms with E-state index in [1.54, 1.807) is 7.11 Å². The normalized spacial score (nSPS) is 18.8. The maximum atomic E-state index is 11.6. The lowest BCUT2D eigenvalue weighted by atomic mass is 9.79. The lowest BCUT2D eigenvalue weighted by Gasteiger charge is -2.38. The molecule has 1 saturated heterocycles. The van der Waals surface area contributed by atoms with E-state index in [1.807, 2.05) is 12.4 Å². The second kappa shape index (κ2) is 6.97. The zero-order valence-corrected chi connectivity index (χ0v) is 14.6. The number of methoxy groups -OCH3 is 1. The predicted molar refractivity (Wildman–Crippen MR) is 89.4 cm³/mol. The van der Waals surface area contributed by atoms with Gasteiger partial charge in [0.15, 0.2) is 0 Å². The summed E-state index contributed by atoms with van der Waals surface area (Å²) in [5, 5.41) is 9.51. The van der Waals surface area contributed by atoms with Crippen LogP contribution in [-0.2, 0) is 21.5 Å². The van der Waals surface area contributed by atoms with Gasteiger partial charge in [0.1, 0.15) is 0 Å². The van der Waals surface area contributed by atoms with Crippen molar-refractivity contribution < 1.29 is 14.6 Å². The number of nitrogens with zero attached hydrogens (tertiary/aromatic N) is 2. The van der Waals surface area contributed by atoms with Gasteiger partial charge in [0.05, 0.1) is 12.0 Å². The zero-order chi connectivity index (χ0) is 17.1. The average Bonchev–Trinajstić information content (AvgIpc) is 2.49. The van der Waals surface area contributed by atoms with E-state index in [4.69, 9.17) is 4.74 Å². The van der Waals surface area contributed by atoms with Gasteiger partial charge in [-0.25, -0.2) is 0 Å².